The quantitative estimate of drug-likeness (QED) is 0.641. The summed E-state index contributed by atoms with van der Waals surface area (Å²) in [5.74, 6) is -0.402. The molecular formula is C15H18N4O3. The summed E-state index contributed by atoms with van der Waals surface area (Å²) in [6.07, 6.45) is 10.1. The second kappa shape index (κ2) is 5.26. The predicted octanol–water partition coefficient (Wildman–Crippen LogP) is -0.788. The van der Waals surface area contributed by atoms with E-state index in [0.717, 1.165) is 18.8 Å². The van der Waals surface area contributed by atoms with Gasteiger partial charge >= 0.3 is 0 Å². The molecule has 0 aliphatic carbocycles. The molecule has 116 valence electrons. The van der Waals surface area contributed by atoms with Crippen molar-refractivity contribution in [1.82, 2.24) is 20.0 Å². The summed E-state index contributed by atoms with van der Waals surface area (Å²) in [5.41, 5.74) is 1.11. The number of hydrogen-bond donors (Lipinski definition) is 1. The number of imide groups is 1. The van der Waals surface area contributed by atoms with E-state index in [2.05, 4.69) is 33.6 Å². The van der Waals surface area contributed by atoms with Gasteiger partial charge in [0.2, 0.25) is 5.91 Å². The number of morpholine rings is 1. The molecular weight excluding hydrogens is 284 g/mol. The molecule has 4 aliphatic rings. The number of carbonyl (C=O) groups is 2. The first-order valence-electron chi connectivity index (χ1n) is 7.49. The van der Waals surface area contributed by atoms with Crippen LogP contribution in [0, 0.1) is 0 Å². The van der Waals surface area contributed by atoms with E-state index in [4.69, 9.17) is 4.74 Å². The summed E-state index contributed by atoms with van der Waals surface area (Å²) in [7, 11) is 0. The SMILES string of the molecule is O=C1CNC(N2C=C3C=CC=CN3CC2)[C@H]2COCC(=O)N12. The Labute approximate surface area is 128 Å². The molecule has 2 atom stereocenters. The smallest absolute Gasteiger partial charge is 0.255 e. The first-order valence-corrected chi connectivity index (χ1v) is 7.49. The molecule has 7 nitrogen and oxygen atoms in total. The molecule has 4 aliphatic heterocycles. The Kier molecular flexibility index (Phi) is 3.24. The number of hydrogen-bond acceptors (Lipinski definition) is 6. The second-order valence-electron chi connectivity index (χ2n) is 5.75. The van der Waals surface area contributed by atoms with E-state index >= 15 is 0 Å². The van der Waals surface area contributed by atoms with Crippen molar-refractivity contribution in [3.63, 3.8) is 0 Å². The third kappa shape index (κ3) is 2.13. The van der Waals surface area contributed by atoms with Gasteiger partial charge in [0, 0.05) is 25.5 Å². The van der Waals surface area contributed by atoms with Gasteiger partial charge in [-0.15, -0.1) is 0 Å². The summed E-state index contributed by atoms with van der Waals surface area (Å²) in [5, 5.41) is 3.25. The van der Waals surface area contributed by atoms with Crippen molar-refractivity contribution in [3.05, 3.63) is 36.3 Å². The average Bonchev–Trinajstić information content (AvgIpc) is 2.55. The van der Waals surface area contributed by atoms with E-state index in [0.29, 0.717) is 6.61 Å². The summed E-state index contributed by atoms with van der Waals surface area (Å²) in [6.45, 7) is 2.27. The lowest BCUT2D eigenvalue weighted by Crippen LogP contribution is -2.70. The van der Waals surface area contributed by atoms with Crippen molar-refractivity contribution in [1.29, 1.82) is 0 Å². The summed E-state index contributed by atoms with van der Waals surface area (Å²) in [6, 6.07) is -0.269. The number of carbonyl (C=O) groups excluding carboxylic acids is 2. The maximum atomic E-state index is 12.0. The third-order valence-corrected chi connectivity index (χ3v) is 4.44. The first kappa shape index (κ1) is 13.5. The molecule has 0 bridgehead atoms. The Morgan fingerprint density at radius 2 is 2.09 bits per heavy atom. The molecule has 2 saturated heterocycles. The topological polar surface area (TPSA) is 65.1 Å². The molecule has 2 amide bonds. The Morgan fingerprint density at radius 3 is 3.00 bits per heavy atom. The highest BCUT2D eigenvalue weighted by molar-refractivity contribution is 5.98. The van der Waals surface area contributed by atoms with Crippen molar-refractivity contribution < 1.29 is 14.3 Å². The van der Waals surface area contributed by atoms with Gasteiger partial charge in [-0.2, -0.15) is 0 Å². The number of fused-ring (bicyclic) bond motifs is 2. The molecule has 0 aromatic heterocycles. The molecule has 1 N–H and O–H groups in total. The Morgan fingerprint density at radius 1 is 1.18 bits per heavy atom. The minimum Gasteiger partial charge on any atom is -0.369 e. The van der Waals surface area contributed by atoms with E-state index in [1.54, 1.807) is 0 Å². The molecule has 7 heteroatoms. The van der Waals surface area contributed by atoms with Crippen LogP contribution in [0.25, 0.3) is 0 Å². The van der Waals surface area contributed by atoms with Crippen molar-refractivity contribution in [2.24, 2.45) is 0 Å². The zero-order chi connectivity index (χ0) is 15.1. The van der Waals surface area contributed by atoms with E-state index < -0.39 is 0 Å². The summed E-state index contributed by atoms with van der Waals surface area (Å²) < 4.78 is 5.36. The lowest BCUT2D eigenvalue weighted by molar-refractivity contribution is -0.166. The van der Waals surface area contributed by atoms with Gasteiger partial charge in [0.25, 0.3) is 5.91 Å². The van der Waals surface area contributed by atoms with E-state index in [9.17, 15) is 9.59 Å². The Hall–Kier alpha value is -2.12. The summed E-state index contributed by atoms with van der Waals surface area (Å²) in [4.78, 5) is 29.7. The largest absolute Gasteiger partial charge is 0.369 e. The van der Waals surface area contributed by atoms with Crippen LogP contribution in [0.2, 0.25) is 0 Å². The molecule has 0 aromatic carbocycles. The fourth-order valence-corrected chi connectivity index (χ4v) is 3.39. The van der Waals surface area contributed by atoms with Gasteiger partial charge < -0.3 is 14.5 Å². The van der Waals surface area contributed by atoms with Crippen LogP contribution in [-0.2, 0) is 14.3 Å². The van der Waals surface area contributed by atoms with Gasteiger partial charge in [0.1, 0.15) is 12.8 Å². The van der Waals surface area contributed by atoms with Gasteiger partial charge in [0.05, 0.1) is 24.9 Å². The standard InChI is InChI=1S/C15H18N4O3/c20-13-7-16-15(12-9-22-10-14(21)19(12)13)18-6-5-17-4-2-1-3-11(17)8-18/h1-4,8,12,15-16H,5-7,9-10H2/t12-,15?/m1/s1. The Bertz CT molecular complexity index is 590. The van der Waals surface area contributed by atoms with Crippen LogP contribution < -0.4 is 5.32 Å². The van der Waals surface area contributed by atoms with Gasteiger partial charge in [-0.25, -0.2) is 0 Å². The molecule has 4 heterocycles. The summed E-state index contributed by atoms with van der Waals surface area (Å²) >= 11 is 0. The van der Waals surface area contributed by atoms with E-state index in [-0.39, 0.29) is 37.2 Å². The molecule has 0 saturated carbocycles. The van der Waals surface area contributed by atoms with E-state index in [1.165, 1.54) is 4.90 Å². The average molecular weight is 302 g/mol. The molecule has 22 heavy (non-hydrogen) atoms. The van der Waals surface area contributed by atoms with Crippen LogP contribution in [0.1, 0.15) is 0 Å². The zero-order valence-electron chi connectivity index (χ0n) is 12.1. The van der Waals surface area contributed by atoms with Crippen LogP contribution in [0.4, 0.5) is 0 Å². The van der Waals surface area contributed by atoms with E-state index in [1.807, 2.05) is 12.2 Å². The molecule has 0 aromatic rings. The maximum Gasteiger partial charge on any atom is 0.255 e. The lowest BCUT2D eigenvalue weighted by atomic mass is 10.1. The monoisotopic (exact) mass is 302 g/mol. The highest BCUT2D eigenvalue weighted by atomic mass is 16.5. The lowest BCUT2D eigenvalue weighted by Gasteiger charge is -2.48. The molecule has 4 rings (SSSR count). The van der Waals surface area contributed by atoms with Crippen molar-refractivity contribution >= 4 is 11.8 Å². The number of piperazine rings is 1. The number of rotatable bonds is 1. The van der Waals surface area contributed by atoms with Crippen molar-refractivity contribution in [2.45, 2.75) is 12.2 Å². The van der Waals surface area contributed by atoms with Crippen LogP contribution in [0.5, 0.6) is 0 Å². The minimum atomic E-state index is -0.269. The molecule has 2 fully saturated rings. The van der Waals surface area contributed by atoms with Crippen molar-refractivity contribution in [3.8, 4) is 0 Å². The maximum absolute atomic E-state index is 12.0. The van der Waals surface area contributed by atoms with Gasteiger partial charge in [0.15, 0.2) is 0 Å². The predicted molar refractivity (Wildman–Crippen MR) is 78.0 cm³/mol. The van der Waals surface area contributed by atoms with Crippen LogP contribution in [0.3, 0.4) is 0 Å². The highest BCUT2D eigenvalue weighted by Crippen LogP contribution is 2.24. The molecule has 1 unspecified atom stereocenters. The van der Waals surface area contributed by atoms with Gasteiger partial charge in [-0.1, -0.05) is 6.08 Å². The number of amides is 2. The van der Waals surface area contributed by atoms with Crippen LogP contribution in [-0.4, -0.2) is 71.6 Å². The second-order valence-corrected chi connectivity index (χ2v) is 5.75. The van der Waals surface area contributed by atoms with Gasteiger partial charge in [-0.3, -0.25) is 19.8 Å². The highest BCUT2D eigenvalue weighted by Gasteiger charge is 2.44. The molecule has 0 spiro atoms. The fraction of sp³-hybridized carbons (Fsp3) is 0.467. The normalized spacial score (nSPS) is 31.1. The van der Waals surface area contributed by atoms with Gasteiger partial charge in [-0.05, 0) is 12.2 Å². The molecule has 0 radical (unpaired) electrons. The fourth-order valence-electron chi connectivity index (χ4n) is 3.39. The van der Waals surface area contributed by atoms with Crippen LogP contribution in [0.15, 0.2) is 36.3 Å². The van der Waals surface area contributed by atoms with Crippen molar-refractivity contribution in [2.75, 3.05) is 32.8 Å². The number of nitrogens with one attached hydrogen (secondary N) is 1. The number of allylic oxidation sites excluding steroid dienone is 3. The third-order valence-electron chi connectivity index (χ3n) is 4.44. The number of ether oxygens (including phenoxy) is 1. The Balaban J connectivity index is 1.59. The zero-order valence-corrected chi connectivity index (χ0v) is 12.1. The first-order chi connectivity index (χ1) is 10.7. The number of nitrogens with zero attached hydrogens (tertiary/aromatic N) is 3. The van der Waals surface area contributed by atoms with Crippen LogP contribution >= 0.6 is 0 Å². The minimum absolute atomic E-state index is 0.00262.